The van der Waals surface area contributed by atoms with Gasteiger partial charge in [0.1, 0.15) is 0 Å². The molecule has 0 bridgehead atoms. The Morgan fingerprint density at radius 3 is 2.80 bits per heavy atom. The molecule has 2 atom stereocenters. The van der Waals surface area contributed by atoms with Gasteiger partial charge in [-0.15, -0.1) is 0 Å². The lowest BCUT2D eigenvalue weighted by Crippen LogP contribution is -2.44. The second-order valence-electron chi connectivity index (χ2n) is 6.09. The Bertz CT molecular complexity index is 497. The number of amides is 1. The second kappa shape index (κ2) is 5.86. The third-order valence-corrected chi connectivity index (χ3v) is 4.96. The van der Waals surface area contributed by atoms with Gasteiger partial charge in [-0.1, -0.05) is 28.1 Å². The summed E-state index contributed by atoms with van der Waals surface area (Å²) in [6.45, 7) is 2.18. The molecule has 20 heavy (non-hydrogen) atoms. The van der Waals surface area contributed by atoms with Crippen molar-refractivity contribution in [3.8, 4) is 0 Å². The summed E-state index contributed by atoms with van der Waals surface area (Å²) in [5, 5.41) is 3.24. The van der Waals surface area contributed by atoms with Crippen LogP contribution in [0.1, 0.15) is 30.7 Å². The van der Waals surface area contributed by atoms with Crippen molar-refractivity contribution in [3.05, 3.63) is 34.3 Å². The first kappa shape index (κ1) is 14.1. The van der Waals surface area contributed by atoms with Gasteiger partial charge in [-0.25, -0.2) is 0 Å². The zero-order chi connectivity index (χ0) is 14.1. The first-order valence-electron chi connectivity index (χ1n) is 7.38. The molecule has 2 fully saturated rings. The number of rotatable bonds is 3. The van der Waals surface area contributed by atoms with E-state index in [9.17, 15) is 4.79 Å². The van der Waals surface area contributed by atoms with Gasteiger partial charge in [-0.05, 0) is 63.0 Å². The van der Waals surface area contributed by atoms with Crippen molar-refractivity contribution in [2.45, 2.75) is 31.2 Å². The van der Waals surface area contributed by atoms with Crippen LogP contribution in [-0.2, 0) is 4.79 Å². The molecular weight excluding hydrogens is 316 g/mol. The number of nitrogens with one attached hydrogen (secondary N) is 1. The van der Waals surface area contributed by atoms with Crippen LogP contribution in [0.15, 0.2) is 28.7 Å². The zero-order valence-corrected chi connectivity index (χ0v) is 13.4. The number of benzene rings is 1. The molecule has 108 valence electrons. The van der Waals surface area contributed by atoms with Crippen LogP contribution < -0.4 is 5.32 Å². The van der Waals surface area contributed by atoms with Crippen LogP contribution >= 0.6 is 15.9 Å². The van der Waals surface area contributed by atoms with Gasteiger partial charge < -0.3 is 10.2 Å². The van der Waals surface area contributed by atoms with E-state index in [-0.39, 0.29) is 11.8 Å². The van der Waals surface area contributed by atoms with Crippen molar-refractivity contribution < 1.29 is 4.79 Å². The molecule has 1 N–H and O–H groups in total. The highest BCUT2D eigenvalue weighted by Gasteiger charge is 2.44. The summed E-state index contributed by atoms with van der Waals surface area (Å²) in [5.74, 6) is 0.854. The maximum atomic E-state index is 12.3. The molecule has 1 saturated carbocycles. The van der Waals surface area contributed by atoms with E-state index >= 15 is 0 Å². The standard InChI is InChI=1S/C16H21BrN2O/c1-19-7-5-13(6-8-19)18-16(20)15-10-14(15)11-3-2-4-12(17)9-11/h2-4,9,13-15H,5-8,10H2,1H3,(H,18,20)/t14-,15-/m0/s1. The Morgan fingerprint density at radius 2 is 2.10 bits per heavy atom. The van der Waals surface area contributed by atoms with Gasteiger partial charge in [-0.2, -0.15) is 0 Å². The minimum Gasteiger partial charge on any atom is -0.353 e. The smallest absolute Gasteiger partial charge is 0.223 e. The number of piperidine rings is 1. The molecule has 1 heterocycles. The lowest BCUT2D eigenvalue weighted by Gasteiger charge is -2.29. The third-order valence-electron chi connectivity index (χ3n) is 4.47. The molecule has 1 aromatic carbocycles. The van der Waals surface area contributed by atoms with Gasteiger partial charge in [0.2, 0.25) is 5.91 Å². The number of carbonyl (C=O) groups excluding carboxylic acids is 1. The quantitative estimate of drug-likeness (QED) is 0.920. The van der Waals surface area contributed by atoms with Crippen molar-refractivity contribution in [1.29, 1.82) is 0 Å². The molecule has 1 saturated heterocycles. The summed E-state index contributed by atoms with van der Waals surface area (Å²) in [6, 6.07) is 8.71. The van der Waals surface area contributed by atoms with Gasteiger partial charge in [0.25, 0.3) is 0 Å². The summed E-state index contributed by atoms with van der Waals surface area (Å²) >= 11 is 3.50. The average molecular weight is 337 g/mol. The molecule has 0 unspecified atom stereocenters. The molecule has 4 heteroatoms. The van der Waals surface area contributed by atoms with Crippen LogP contribution in [0.2, 0.25) is 0 Å². The average Bonchev–Trinajstić information content (AvgIpc) is 3.22. The van der Waals surface area contributed by atoms with Gasteiger partial charge in [-0.3, -0.25) is 4.79 Å². The third kappa shape index (κ3) is 3.23. The molecule has 1 amide bonds. The van der Waals surface area contributed by atoms with Gasteiger partial charge in [0.15, 0.2) is 0 Å². The monoisotopic (exact) mass is 336 g/mol. The van der Waals surface area contributed by atoms with Crippen LogP contribution in [0.3, 0.4) is 0 Å². The van der Waals surface area contributed by atoms with E-state index in [1.807, 2.05) is 12.1 Å². The van der Waals surface area contributed by atoms with Gasteiger partial charge >= 0.3 is 0 Å². The first-order chi connectivity index (χ1) is 9.63. The summed E-state index contributed by atoms with van der Waals surface area (Å²) in [6.07, 6.45) is 3.15. The van der Waals surface area contributed by atoms with Crippen molar-refractivity contribution in [1.82, 2.24) is 10.2 Å². The molecule has 0 aromatic heterocycles. The van der Waals surface area contributed by atoms with E-state index < -0.39 is 0 Å². The zero-order valence-electron chi connectivity index (χ0n) is 11.8. The predicted octanol–water partition coefficient (Wildman–Crippen LogP) is 2.76. The topological polar surface area (TPSA) is 32.3 Å². The number of nitrogens with zero attached hydrogens (tertiary/aromatic N) is 1. The highest BCUT2D eigenvalue weighted by Crippen LogP contribution is 2.48. The van der Waals surface area contributed by atoms with Gasteiger partial charge in [0, 0.05) is 16.4 Å². The molecule has 1 aliphatic carbocycles. The molecule has 1 aromatic rings. The van der Waals surface area contributed by atoms with E-state index in [1.54, 1.807) is 0 Å². The maximum absolute atomic E-state index is 12.3. The fraction of sp³-hybridized carbons (Fsp3) is 0.562. The van der Waals surface area contributed by atoms with Crippen LogP contribution in [0.5, 0.6) is 0 Å². The van der Waals surface area contributed by atoms with E-state index in [1.165, 1.54) is 5.56 Å². The van der Waals surface area contributed by atoms with E-state index in [0.29, 0.717) is 12.0 Å². The molecule has 0 spiro atoms. The Hall–Kier alpha value is -0.870. The minimum atomic E-state index is 0.184. The SMILES string of the molecule is CN1CCC(NC(=O)[C@H]2C[C@H]2c2cccc(Br)c2)CC1. The number of likely N-dealkylation sites (tertiary alicyclic amines) is 1. The van der Waals surface area contributed by atoms with Crippen LogP contribution in [0, 0.1) is 5.92 Å². The lowest BCUT2D eigenvalue weighted by molar-refractivity contribution is -0.123. The molecule has 3 rings (SSSR count). The second-order valence-corrected chi connectivity index (χ2v) is 7.01. The highest BCUT2D eigenvalue weighted by atomic mass is 79.9. The summed E-state index contributed by atoms with van der Waals surface area (Å²) in [5.41, 5.74) is 1.28. The molecule has 0 radical (unpaired) electrons. The summed E-state index contributed by atoms with van der Waals surface area (Å²) < 4.78 is 1.09. The van der Waals surface area contributed by atoms with Crippen LogP contribution in [-0.4, -0.2) is 37.0 Å². The normalized spacial score (nSPS) is 27.3. The Morgan fingerprint density at radius 1 is 1.35 bits per heavy atom. The fourth-order valence-electron chi connectivity index (χ4n) is 3.05. The Balaban J connectivity index is 1.53. The fourth-order valence-corrected chi connectivity index (χ4v) is 3.47. The van der Waals surface area contributed by atoms with Crippen LogP contribution in [0.4, 0.5) is 0 Å². The number of hydrogen-bond acceptors (Lipinski definition) is 2. The molecular formula is C16H21BrN2O. The number of carbonyl (C=O) groups is 1. The van der Waals surface area contributed by atoms with Crippen molar-refractivity contribution in [3.63, 3.8) is 0 Å². The van der Waals surface area contributed by atoms with Crippen molar-refractivity contribution >= 4 is 21.8 Å². The number of hydrogen-bond donors (Lipinski definition) is 1. The highest BCUT2D eigenvalue weighted by molar-refractivity contribution is 9.10. The van der Waals surface area contributed by atoms with E-state index in [4.69, 9.17) is 0 Å². The number of halogens is 1. The largest absolute Gasteiger partial charge is 0.353 e. The molecule has 1 aliphatic heterocycles. The predicted molar refractivity (Wildman–Crippen MR) is 83.7 cm³/mol. The minimum absolute atomic E-state index is 0.184. The maximum Gasteiger partial charge on any atom is 0.223 e. The van der Waals surface area contributed by atoms with E-state index in [2.05, 4.69) is 45.3 Å². The van der Waals surface area contributed by atoms with Gasteiger partial charge in [0.05, 0.1) is 0 Å². The summed E-state index contributed by atoms with van der Waals surface area (Å²) in [7, 11) is 2.14. The Labute approximate surface area is 128 Å². The lowest BCUT2D eigenvalue weighted by atomic mass is 10.0. The van der Waals surface area contributed by atoms with Crippen molar-refractivity contribution in [2.24, 2.45) is 5.92 Å². The van der Waals surface area contributed by atoms with Crippen molar-refractivity contribution in [2.75, 3.05) is 20.1 Å². The molecule has 2 aliphatic rings. The van der Waals surface area contributed by atoms with E-state index in [0.717, 1.165) is 36.8 Å². The first-order valence-corrected chi connectivity index (χ1v) is 8.17. The molecule has 3 nitrogen and oxygen atoms in total. The Kier molecular flexibility index (Phi) is 4.13. The summed E-state index contributed by atoms with van der Waals surface area (Å²) in [4.78, 5) is 14.6. The van der Waals surface area contributed by atoms with Crippen LogP contribution in [0.25, 0.3) is 0 Å².